The molecule has 1 aromatic heterocycles. The standard InChI is InChI=1S/C16H20N2O2/c1-12(17)9-14-6-3-7-15(19-2)16(14)20-11-13-5-4-8-18-10-13/h3-8,10,12H,9,11,17H2,1-2H3. The third kappa shape index (κ3) is 3.71. The normalized spacial score (nSPS) is 11.9. The fourth-order valence-corrected chi connectivity index (χ4v) is 2.03. The summed E-state index contributed by atoms with van der Waals surface area (Å²) in [5, 5.41) is 0. The molecular weight excluding hydrogens is 252 g/mol. The summed E-state index contributed by atoms with van der Waals surface area (Å²) in [5.41, 5.74) is 7.96. The van der Waals surface area contributed by atoms with Crippen molar-refractivity contribution in [2.75, 3.05) is 7.11 Å². The summed E-state index contributed by atoms with van der Waals surface area (Å²) in [5.74, 6) is 1.49. The molecule has 2 aromatic rings. The Morgan fingerprint density at radius 3 is 2.75 bits per heavy atom. The van der Waals surface area contributed by atoms with Crippen LogP contribution in [0.1, 0.15) is 18.1 Å². The van der Waals surface area contributed by atoms with E-state index < -0.39 is 0 Å². The summed E-state index contributed by atoms with van der Waals surface area (Å²) in [6, 6.07) is 9.81. The minimum absolute atomic E-state index is 0.0721. The molecule has 2 N–H and O–H groups in total. The van der Waals surface area contributed by atoms with E-state index in [2.05, 4.69) is 4.98 Å². The zero-order valence-electron chi connectivity index (χ0n) is 11.9. The molecule has 4 nitrogen and oxygen atoms in total. The van der Waals surface area contributed by atoms with Gasteiger partial charge in [0.15, 0.2) is 11.5 Å². The van der Waals surface area contributed by atoms with Crippen LogP contribution < -0.4 is 15.2 Å². The molecule has 0 fully saturated rings. The minimum Gasteiger partial charge on any atom is -0.493 e. The van der Waals surface area contributed by atoms with E-state index in [9.17, 15) is 0 Å². The number of hydrogen-bond acceptors (Lipinski definition) is 4. The van der Waals surface area contributed by atoms with Crippen molar-refractivity contribution in [3.63, 3.8) is 0 Å². The van der Waals surface area contributed by atoms with E-state index in [4.69, 9.17) is 15.2 Å². The average Bonchev–Trinajstić information content (AvgIpc) is 2.46. The van der Waals surface area contributed by atoms with Crippen molar-refractivity contribution in [3.05, 3.63) is 53.9 Å². The van der Waals surface area contributed by atoms with Crippen molar-refractivity contribution >= 4 is 0 Å². The number of para-hydroxylation sites is 1. The summed E-state index contributed by atoms with van der Waals surface area (Å²) < 4.78 is 11.3. The SMILES string of the molecule is COc1cccc(CC(C)N)c1OCc1cccnc1. The summed E-state index contributed by atoms with van der Waals surface area (Å²) in [6.07, 6.45) is 4.29. The number of nitrogens with two attached hydrogens (primary N) is 1. The van der Waals surface area contributed by atoms with E-state index in [-0.39, 0.29) is 6.04 Å². The van der Waals surface area contributed by atoms with E-state index in [0.717, 1.165) is 29.0 Å². The molecule has 0 bridgehead atoms. The Hall–Kier alpha value is -2.07. The van der Waals surface area contributed by atoms with Gasteiger partial charge in [-0.3, -0.25) is 4.98 Å². The molecule has 106 valence electrons. The van der Waals surface area contributed by atoms with Gasteiger partial charge in [0.05, 0.1) is 7.11 Å². The number of aromatic nitrogens is 1. The molecule has 1 aromatic carbocycles. The number of methoxy groups -OCH3 is 1. The Balaban J connectivity index is 2.19. The largest absolute Gasteiger partial charge is 0.493 e. The Bertz CT molecular complexity index is 541. The third-order valence-corrected chi connectivity index (χ3v) is 2.93. The molecule has 1 heterocycles. The average molecular weight is 272 g/mol. The topological polar surface area (TPSA) is 57.4 Å². The van der Waals surface area contributed by atoms with E-state index in [1.807, 2.05) is 37.3 Å². The fourth-order valence-electron chi connectivity index (χ4n) is 2.03. The van der Waals surface area contributed by atoms with Crippen LogP contribution in [0.3, 0.4) is 0 Å². The highest BCUT2D eigenvalue weighted by Gasteiger charge is 2.12. The lowest BCUT2D eigenvalue weighted by Gasteiger charge is -2.16. The van der Waals surface area contributed by atoms with Crippen LogP contribution in [0.25, 0.3) is 0 Å². The van der Waals surface area contributed by atoms with Gasteiger partial charge in [-0.05, 0) is 31.0 Å². The Morgan fingerprint density at radius 1 is 1.25 bits per heavy atom. The Labute approximate surface area is 119 Å². The second-order valence-electron chi connectivity index (χ2n) is 4.78. The Kier molecular flexibility index (Phi) is 4.96. The highest BCUT2D eigenvalue weighted by atomic mass is 16.5. The lowest BCUT2D eigenvalue weighted by molar-refractivity contribution is 0.280. The minimum atomic E-state index is 0.0721. The molecule has 20 heavy (non-hydrogen) atoms. The quantitative estimate of drug-likeness (QED) is 0.878. The molecule has 1 unspecified atom stereocenters. The molecular formula is C16H20N2O2. The number of benzene rings is 1. The zero-order chi connectivity index (χ0) is 14.4. The van der Waals surface area contributed by atoms with Crippen molar-refractivity contribution in [1.29, 1.82) is 0 Å². The molecule has 0 radical (unpaired) electrons. The first-order chi connectivity index (χ1) is 9.70. The summed E-state index contributed by atoms with van der Waals surface area (Å²) in [6.45, 7) is 2.44. The maximum absolute atomic E-state index is 5.93. The van der Waals surface area contributed by atoms with Gasteiger partial charge in [0.1, 0.15) is 6.61 Å². The molecule has 2 rings (SSSR count). The highest BCUT2D eigenvalue weighted by Crippen LogP contribution is 2.32. The van der Waals surface area contributed by atoms with Crippen LogP contribution in [-0.2, 0) is 13.0 Å². The fraction of sp³-hybridized carbons (Fsp3) is 0.312. The van der Waals surface area contributed by atoms with Crippen LogP contribution in [0.15, 0.2) is 42.7 Å². The van der Waals surface area contributed by atoms with Crippen LogP contribution in [0.5, 0.6) is 11.5 Å². The van der Waals surface area contributed by atoms with Gasteiger partial charge in [0.25, 0.3) is 0 Å². The van der Waals surface area contributed by atoms with Crippen LogP contribution in [0, 0.1) is 0 Å². The summed E-state index contributed by atoms with van der Waals surface area (Å²) >= 11 is 0. The maximum Gasteiger partial charge on any atom is 0.164 e. The van der Waals surface area contributed by atoms with E-state index in [1.54, 1.807) is 19.5 Å². The number of pyridine rings is 1. The lowest BCUT2D eigenvalue weighted by Crippen LogP contribution is -2.18. The number of hydrogen-bond donors (Lipinski definition) is 1. The van der Waals surface area contributed by atoms with Gasteiger partial charge in [-0.1, -0.05) is 18.2 Å². The molecule has 0 saturated carbocycles. The molecule has 0 amide bonds. The van der Waals surface area contributed by atoms with Crippen molar-refractivity contribution in [1.82, 2.24) is 4.98 Å². The van der Waals surface area contributed by atoms with Crippen LogP contribution in [0.2, 0.25) is 0 Å². The number of nitrogens with zero attached hydrogens (tertiary/aromatic N) is 1. The first-order valence-corrected chi connectivity index (χ1v) is 6.64. The maximum atomic E-state index is 5.93. The molecule has 0 spiro atoms. The van der Waals surface area contributed by atoms with Gasteiger partial charge < -0.3 is 15.2 Å². The van der Waals surface area contributed by atoms with Crippen molar-refractivity contribution < 1.29 is 9.47 Å². The molecule has 4 heteroatoms. The monoisotopic (exact) mass is 272 g/mol. The smallest absolute Gasteiger partial charge is 0.164 e. The number of ether oxygens (including phenoxy) is 2. The second kappa shape index (κ2) is 6.91. The lowest BCUT2D eigenvalue weighted by atomic mass is 10.1. The predicted octanol–water partition coefficient (Wildman–Crippen LogP) is 2.56. The van der Waals surface area contributed by atoms with Gasteiger partial charge in [0, 0.05) is 24.0 Å². The van der Waals surface area contributed by atoms with Gasteiger partial charge >= 0.3 is 0 Å². The molecule has 0 aliphatic rings. The summed E-state index contributed by atoms with van der Waals surface area (Å²) in [4.78, 5) is 4.08. The first kappa shape index (κ1) is 14.3. The highest BCUT2D eigenvalue weighted by molar-refractivity contribution is 5.47. The van der Waals surface area contributed by atoms with Gasteiger partial charge in [-0.2, -0.15) is 0 Å². The Morgan fingerprint density at radius 2 is 2.10 bits per heavy atom. The number of rotatable bonds is 6. The second-order valence-corrected chi connectivity index (χ2v) is 4.78. The van der Waals surface area contributed by atoms with Crippen LogP contribution in [0.4, 0.5) is 0 Å². The van der Waals surface area contributed by atoms with Crippen LogP contribution >= 0.6 is 0 Å². The van der Waals surface area contributed by atoms with Gasteiger partial charge in [-0.15, -0.1) is 0 Å². The third-order valence-electron chi connectivity index (χ3n) is 2.93. The summed E-state index contributed by atoms with van der Waals surface area (Å²) in [7, 11) is 1.64. The van der Waals surface area contributed by atoms with E-state index >= 15 is 0 Å². The van der Waals surface area contributed by atoms with Crippen LogP contribution in [-0.4, -0.2) is 18.1 Å². The van der Waals surface area contributed by atoms with E-state index in [0.29, 0.717) is 6.61 Å². The van der Waals surface area contributed by atoms with Crippen molar-refractivity contribution in [3.8, 4) is 11.5 Å². The predicted molar refractivity (Wildman–Crippen MR) is 78.9 cm³/mol. The van der Waals surface area contributed by atoms with Gasteiger partial charge in [-0.25, -0.2) is 0 Å². The molecule has 1 atom stereocenters. The molecule has 0 aliphatic carbocycles. The van der Waals surface area contributed by atoms with Crippen molar-refractivity contribution in [2.24, 2.45) is 5.73 Å². The molecule has 0 saturated heterocycles. The first-order valence-electron chi connectivity index (χ1n) is 6.64. The van der Waals surface area contributed by atoms with Crippen molar-refractivity contribution in [2.45, 2.75) is 26.0 Å². The zero-order valence-corrected chi connectivity index (χ0v) is 11.9. The molecule has 0 aliphatic heterocycles. The van der Waals surface area contributed by atoms with E-state index in [1.165, 1.54) is 0 Å². The van der Waals surface area contributed by atoms with Gasteiger partial charge in [0.2, 0.25) is 0 Å².